The minimum absolute atomic E-state index is 0.0362. The van der Waals surface area contributed by atoms with Gasteiger partial charge in [-0.2, -0.15) is 0 Å². The first-order valence-corrected chi connectivity index (χ1v) is 14.4. The van der Waals surface area contributed by atoms with Crippen molar-refractivity contribution in [1.29, 1.82) is 0 Å². The van der Waals surface area contributed by atoms with Gasteiger partial charge >= 0.3 is 5.97 Å². The lowest BCUT2D eigenvalue weighted by molar-refractivity contribution is -0.132. The van der Waals surface area contributed by atoms with Crippen LogP contribution in [0.1, 0.15) is 72.8 Å². The molecule has 35 heavy (non-hydrogen) atoms. The molecule has 0 aromatic heterocycles. The topological polar surface area (TPSA) is 102 Å². The first-order valence-electron chi connectivity index (χ1n) is 11.9. The number of carbonyl (C=O) groups is 4. The molecule has 1 unspecified atom stereocenters. The van der Waals surface area contributed by atoms with Crippen molar-refractivity contribution < 1.29 is 23.9 Å². The molecule has 0 saturated heterocycles. The van der Waals surface area contributed by atoms with E-state index in [1.807, 2.05) is 34.6 Å². The number of esters is 1. The Morgan fingerprint density at radius 3 is 2.14 bits per heavy atom. The molecule has 1 aromatic carbocycles. The number of hydrogen-bond acceptors (Lipinski definition) is 7. The summed E-state index contributed by atoms with van der Waals surface area (Å²) in [5.41, 5.74) is 0.763. The van der Waals surface area contributed by atoms with Gasteiger partial charge in [0.15, 0.2) is 5.78 Å². The lowest BCUT2D eigenvalue weighted by atomic mass is 9.89. The summed E-state index contributed by atoms with van der Waals surface area (Å²) in [6, 6.07) is 6.32. The molecule has 0 aliphatic carbocycles. The third-order valence-electron chi connectivity index (χ3n) is 4.89. The lowest BCUT2D eigenvalue weighted by Crippen LogP contribution is -2.44. The van der Waals surface area contributed by atoms with Gasteiger partial charge < -0.3 is 15.4 Å². The zero-order chi connectivity index (χ0) is 26.6. The summed E-state index contributed by atoms with van der Waals surface area (Å²) in [7, 11) is 3.07. The van der Waals surface area contributed by atoms with Crippen LogP contribution < -0.4 is 15.4 Å². The van der Waals surface area contributed by atoms with Crippen LogP contribution in [0.15, 0.2) is 24.3 Å². The van der Waals surface area contributed by atoms with Crippen LogP contribution in [0, 0.1) is 11.3 Å². The molecule has 1 aromatic rings. The molecule has 0 fully saturated rings. The number of rotatable bonds is 14. The predicted molar refractivity (Wildman–Crippen MR) is 145 cm³/mol. The van der Waals surface area contributed by atoms with Crippen molar-refractivity contribution in [2.75, 3.05) is 18.1 Å². The van der Waals surface area contributed by atoms with Crippen molar-refractivity contribution >= 4 is 45.2 Å². The molecule has 0 aliphatic rings. The molecule has 2 atom stereocenters. The van der Waals surface area contributed by atoms with Gasteiger partial charge in [-0.1, -0.05) is 68.3 Å². The molecule has 2 amide bonds. The Labute approximate surface area is 217 Å². The summed E-state index contributed by atoms with van der Waals surface area (Å²) in [6.45, 7) is 13.5. The fraction of sp³-hybridized carbons (Fsp3) is 0.615. The van der Waals surface area contributed by atoms with Gasteiger partial charge in [0.25, 0.3) is 0 Å². The Morgan fingerprint density at radius 2 is 1.63 bits per heavy atom. The molecule has 1 rings (SSSR count). The van der Waals surface area contributed by atoms with E-state index in [0.29, 0.717) is 36.6 Å². The number of nitrogens with one attached hydrogen (secondary N) is 2. The number of amides is 2. The maximum Gasteiger partial charge on any atom is 0.308 e. The summed E-state index contributed by atoms with van der Waals surface area (Å²) < 4.78 is 5.08. The van der Waals surface area contributed by atoms with Crippen molar-refractivity contribution in [3.05, 3.63) is 29.8 Å². The fourth-order valence-electron chi connectivity index (χ4n) is 3.28. The second-order valence-corrected chi connectivity index (χ2v) is 12.8. The molecule has 0 bridgehead atoms. The van der Waals surface area contributed by atoms with E-state index < -0.39 is 17.9 Å². The lowest BCUT2D eigenvalue weighted by Gasteiger charge is -2.23. The Balaban J connectivity index is 2.63. The molecule has 196 valence electrons. The standard InChI is InChI=1S/C26H40N2O5S2/c1-17(2)14-22(20-8-10-21(11-9-20)33-19(4)30)25(32)28-23(18(3)29)16-35-34-13-12-27-24(31)15-26(5,6)7/h8-11,17,22-23H,12-16H2,1-7H3,(H,27,31)(H,28,32)/t22?,23-/m0/s1. The highest BCUT2D eigenvalue weighted by molar-refractivity contribution is 8.76. The van der Waals surface area contributed by atoms with E-state index in [1.54, 1.807) is 35.1 Å². The second-order valence-electron chi connectivity index (χ2n) is 10.2. The molecule has 0 heterocycles. The van der Waals surface area contributed by atoms with Gasteiger partial charge in [-0.3, -0.25) is 19.2 Å². The van der Waals surface area contributed by atoms with Crippen LogP contribution in [0.4, 0.5) is 0 Å². The maximum atomic E-state index is 13.2. The Bertz CT molecular complexity index is 850. The van der Waals surface area contributed by atoms with E-state index in [1.165, 1.54) is 24.6 Å². The number of carbonyl (C=O) groups excluding carboxylic acids is 4. The molecule has 0 aliphatic heterocycles. The van der Waals surface area contributed by atoms with Gasteiger partial charge in [0.2, 0.25) is 11.8 Å². The van der Waals surface area contributed by atoms with Crippen LogP contribution in [0.5, 0.6) is 5.75 Å². The van der Waals surface area contributed by atoms with Crippen molar-refractivity contribution in [3.8, 4) is 5.75 Å². The Hall–Kier alpha value is -2.00. The number of benzene rings is 1. The number of ether oxygens (including phenoxy) is 1. The largest absolute Gasteiger partial charge is 0.427 e. The van der Waals surface area contributed by atoms with Crippen molar-refractivity contribution in [2.45, 2.75) is 73.3 Å². The molecule has 7 nitrogen and oxygen atoms in total. The van der Waals surface area contributed by atoms with Crippen LogP contribution in [0.25, 0.3) is 0 Å². The van der Waals surface area contributed by atoms with E-state index >= 15 is 0 Å². The minimum Gasteiger partial charge on any atom is -0.427 e. The summed E-state index contributed by atoms with van der Waals surface area (Å²) in [5, 5.41) is 5.83. The average molecular weight is 525 g/mol. The summed E-state index contributed by atoms with van der Waals surface area (Å²) in [6.07, 6.45) is 1.10. The minimum atomic E-state index is -0.592. The number of ketones is 1. The molecular formula is C26H40N2O5S2. The monoisotopic (exact) mass is 524 g/mol. The third-order valence-corrected chi connectivity index (χ3v) is 7.31. The predicted octanol–water partition coefficient (Wildman–Crippen LogP) is 4.75. The van der Waals surface area contributed by atoms with Crippen LogP contribution in [0.2, 0.25) is 0 Å². The second kappa shape index (κ2) is 15.2. The molecular weight excluding hydrogens is 484 g/mol. The van der Waals surface area contributed by atoms with Gasteiger partial charge in [-0.15, -0.1) is 0 Å². The number of hydrogen-bond donors (Lipinski definition) is 2. The van der Waals surface area contributed by atoms with Gasteiger partial charge in [0, 0.05) is 31.4 Å². The smallest absolute Gasteiger partial charge is 0.308 e. The van der Waals surface area contributed by atoms with Gasteiger partial charge in [-0.05, 0) is 42.4 Å². The van der Waals surface area contributed by atoms with Crippen molar-refractivity contribution in [2.24, 2.45) is 11.3 Å². The number of Topliss-reactive ketones (excluding diaryl/α,β-unsaturated/α-hetero) is 1. The average Bonchev–Trinajstić information content (AvgIpc) is 2.72. The van der Waals surface area contributed by atoms with E-state index in [2.05, 4.69) is 10.6 Å². The van der Waals surface area contributed by atoms with Crippen molar-refractivity contribution in [1.82, 2.24) is 10.6 Å². The van der Waals surface area contributed by atoms with E-state index in [9.17, 15) is 19.2 Å². The molecule has 9 heteroatoms. The maximum absolute atomic E-state index is 13.2. The van der Waals surface area contributed by atoms with Gasteiger partial charge in [0.1, 0.15) is 5.75 Å². The summed E-state index contributed by atoms with van der Waals surface area (Å²) in [4.78, 5) is 48.4. The van der Waals surface area contributed by atoms with E-state index in [4.69, 9.17) is 4.74 Å². The van der Waals surface area contributed by atoms with Crippen molar-refractivity contribution in [3.63, 3.8) is 0 Å². The SMILES string of the molecule is CC(=O)Oc1ccc(C(CC(C)C)C(=O)N[C@@H](CSSCCNC(=O)CC(C)(C)C)C(C)=O)cc1. The zero-order valence-corrected chi connectivity index (χ0v) is 23.6. The zero-order valence-electron chi connectivity index (χ0n) is 21.9. The first kappa shape index (κ1) is 31.0. The molecule has 0 radical (unpaired) electrons. The highest BCUT2D eigenvalue weighted by atomic mass is 33.1. The van der Waals surface area contributed by atoms with Crippen LogP contribution in [0.3, 0.4) is 0 Å². The Kier molecular flexibility index (Phi) is 13.5. The van der Waals surface area contributed by atoms with Gasteiger partial charge in [-0.25, -0.2) is 0 Å². The van der Waals surface area contributed by atoms with Crippen LogP contribution >= 0.6 is 21.6 Å². The normalized spacial score (nSPS) is 13.1. The molecule has 2 N–H and O–H groups in total. The summed E-state index contributed by atoms with van der Waals surface area (Å²) in [5.74, 6) is 0.778. The quantitative estimate of drug-likeness (QED) is 0.157. The Morgan fingerprint density at radius 1 is 1.00 bits per heavy atom. The van der Waals surface area contributed by atoms with E-state index in [0.717, 1.165) is 5.56 Å². The van der Waals surface area contributed by atoms with E-state index in [-0.39, 0.29) is 28.9 Å². The van der Waals surface area contributed by atoms with Gasteiger partial charge in [0.05, 0.1) is 12.0 Å². The van der Waals surface area contributed by atoms with Crippen LogP contribution in [-0.2, 0) is 19.2 Å². The van der Waals surface area contributed by atoms with Crippen LogP contribution in [-0.4, -0.2) is 47.7 Å². The summed E-state index contributed by atoms with van der Waals surface area (Å²) >= 11 is 0. The third kappa shape index (κ3) is 13.6. The fourth-order valence-corrected chi connectivity index (χ4v) is 5.44. The first-order chi connectivity index (χ1) is 16.3. The highest BCUT2D eigenvalue weighted by Crippen LogP contribution is 2.27. The molecule has 0 saturated carbocycles. The molecule has 0 spiro atoms. The highest BCUT2D eigenvalue weighted by Gasteiger charge is 2.26.